The van der Waals surface area contributed by atoms with E-state index in [0.29, 0.717) is 80.0 Å². The third kappa shape index (κ3) is 4.74. The minimum atomic E-state index is -2.79. The van der Waals surface area contributed by atoms with Crippen molar-refractivity contribution in [3.05, 3.63) is 66.2 Å². The number of hydrogen-bond donors (Lipinski definition) is 1. The Balaban J connectivity index is 1.33. The van der Waals surface area contributed by atoms with Crippen LogP contribution in [0.15, 0.2) is 54.9 Å². The molecule has 6 rings (SSSR count). The number of morpholine rings is 1. The van der Waals surface area contributed by atoms with E-state index >= 15 is 0 Å². The number of nitrogens with zero attached hydrogens (tertiary/aromatic N) is 7. The highest BCUT2D eigenvalue weighted by Crippen LogP contribution is 2.29. The maximum absolute atomic E-state index is 14.1. The number of ether oxygens (including phenoxy) is 1. The third-order valence-electron chi connectivity index (χ3n) is 6.76. The Morgan fingerprint density at radius 3 is 2.63 bits per heavy atom. The minimum Gasteiger partial charge on any atom is -0.378 e. The zero-order valence-electron chi connectivity index (χ0n) is 20.5. The summed E-state index contributed by atoms with van der Waals surface area (Å²) >= 11 is 0. The Bertz CT molecular complexity index is 1440. The molecule has 0 saturated carbocycles. The Labute approximate surface area is 217 Å². The number of hydrogen-bond acceptors (Lipinski definition) is 8. The van der Waals surface area contributed by atoms with Gasteiger partial charge in [0.25, 0.3) is 12.3 Å². The van der Waals surface area contributed by atoms with Crippen LogP contribution in [0.25, 0.3) is 16.9 Å². The molecule has 0 radical (unpaired) electrons. The summed E-state index contributed by atoms with van der Waals surface area (Å²) in [4.78, 5) is 34.3. The fraction of sp³-hybridized carbons (Fsp3) is 0.346. The number of pyridine rings is 1. The number of anilines is 2. The molecule has 4 aromatic rings. The fourth-order valence-electron chi connectivity index (χ4n) is 4.90. The van der Waals surface area contributed by atoms with Crippen molar-refractivity contribution in [3.8, 4) is 5.82 Å². The number of fused-ring (bicyclic) bond motifs is 1. The zero-order valence-corrected chi connectivity index (χ0v) is 20.5. The molecule has 0 aliphatic carbocycles. The van der Waals surface area contributed by atoms with Crippen LogP contribution < -0.4 is 10.2 Å². The van der Waals surface area contributed by atoms with Gasteiger partial charge < -0.3 is 19.9 Å². The van der Waals surface area contributed by atoms with E-state index in [-0.39, 0.29) is 17.8 Å². The minimum absolute atomic E-state index is 0.0856. The van der Waals surface area contributed by atoms with Gasteiger partial charge in [-0.15, -0.1) is 0 Å². The summed E-state index contributed by atoms with van der Waals surface area (Å²) in [5.74, 6) is 0.757. The van der Waals surface area contributed by atoms with Gasteiger partial charge in [0.2, 0.25) is 5.95 Å². The maximum Gasteiger partial charge on any atom is 0.296 e. The highest BCUT2D eigenvalue weighted by atomic mass is 19.3. The van der Waals surface area contributed by atoms with E-state index in [9.17, 15) is 13.6 Å². The molecular weight excluding hydrogens is 494 g/mol. The van der Waals surface area contributed by atoms with Crippen LogP contribution in [0.2, 0.25) is 0 Å². The van der Waals surface area contributed by atoms with E-state index in [1.54, 1.807) is 59.8 Å². The van der Waals surface area contributed by atoms with Gasteiger partial charge in [-0.1, -0.05) is 12.1 Å². The highest BCUT2D eigenvalue weighted by Gasteiger charge is 2.29. The second-order valence-electron chi connectivity index (χ2n) is 9.22. The van der Waals surface area contributed by atoms with Gasteiger partial charge in [0.15, 0.2) is 5.82 Å². The fourth-order valence-corrected chi connectivity index (χ4v) is 4.90. The van der Waals surface area contributed by atoms with Crippen LogP contribution in [0.4, 0.5) is 20.5 Å². The van der Waals surface area contributed by atoms with E-state index in [4.69, 9.17) is 9.72 Å². The van der Waals surface area contributed by atoms with E-state index in [2.05, 4.69) is 20.3 Å². The number of alkyl halides is 2. The molecule has 38 heavy (non-hydrogen) atoms. The molecule has 0 bridgehead atoms. The predicted octanol–water partition coefficient (Wildman–Crippen LogP) is 3.31. The Morgan fingerprint density at radius 2 is 1.84 bits per heavy atom. The zero-order chi connectivity index (χ0) is 26.1. The van der Waals surface area contributed by atoms with Gasteiger partial charge in [0, 0.05) is 50.7 Å². The molecule has 196 valence electrons. The van der Waals surface area contributed by atoms with Gasteiger partial charge in [-0.25, -0.2) is 13.8 Å². The lowest BCUT2D eigenvalue weighted by atomic mass is 10.2. The second-order valence-corrected chi connectivity index (χ2v) is 9.22. The van der Waals surface area contributed by atoms with E-state index in [0.717, 1.165) is 0 Å². The van der Waals surface area contributed by atoms with Crippen LogP contribution in [0.1, 0.15) is 29.0 Å². The number of halogens is 2. The first kappa shape index (κ1) is 24.2. The molecule has 0 spiro atoms. The number of carbonyl (C=O) groups excluding carboxylic acids is 1. The summed E-state index contributed by atoms with van der Waals surface area (Å²) in [6.07, 6.45) is 1.09. The molecule has 10 nitrogen and oxygen atoms in total. The molecule has 2 fully saturated rings. The van der Waals surface area contributed by atoms with Crippen molar-refractivity contribution in [2.24, 2.45) is 0 Å². The highest BCUT2D eigenvalue weighted by molar-refractivity contribution is 5.94. The van der Waals surface area contributed by atoms with E-state index in [1.807, 2.05) is 4.90 Å². The van der Waals surface area contributed by atoms with Crippen molar-refractivity contribution >= 4 is 28.7 Å². The van der Waals surface area contributed by atoms with Crippen LogP contribution in [0.3, 0.4) is 0 Å². The number of rotatable bonds is 6. The summed E-state index contributed by atoms with van der Waals surface area (Å²) in [7, 11) is 0. The maximum atomic E-state index is 14.1. The molecule has 0 unspecified atom stereocenters. The van der Waals surface area contributed by atoms with Crippen molar-refractivity contribution in [1.82, 2.24) is 29.4 Å². The van der Waals surface area contributed by atoms with Gasteiger partial charge in [-0.05, 0) is 30.7 Å². The predicted molar refractivity (Wildman–Crippen MR) is 137 cm³/mol. The normalized spacial score (nSPS) is 17.9. The van der Waals surface area contributed by atoms with Crippen LogP contribution in [0, 0.1) is 0 Å². The molecule has 2 saturated heterocycles. The van der Waals surface area contributed by atoms with Crippen molar-refractivity contribution in [2.75, 3.05) is 49.6 Å². The van der Waals surface area contributed by atoms with Crippen LogP contribution in [0.5, 0.6) is 0 Å². The molecule has 3 aromatic heterocycles. The number of nitrogens with one attached hydrogen (secondary N) is 1. The Kier molecular flexibility index (Phi) is 6.54. The lowest BCUT2D eigenvalue weighted by molar-refractivity contribution is 0.0791. The molecule has 5 heterocycles. The van der Waals surface area contributed by atoms with Crippen LogP contribution in [-0.2, 0) is 4.74 Å². The Hall–Kier alpha value is -4.19. The first-order valence-corrected chi connectivity index (χ1v) is 12.5. The molecule has 1 atom stereocenters. The van der Waals surface area contributed by atoms with Crippen molar-refractivity contribution in [3.63, 3.8) is 0 Å². The smallest absolute Gasteiger partial charge is 0.296 e. The lowest BCUT2D eigenvalue weighted by Crippen LogP contribution is -2.37. The van der Waals surface area contributed by atoms with Crippen molar-refractivity contribution in [1.29, 1.82) is 0 Å². The number of amides is 1. The molecular formula is C26H26F2N8O2. The first-order chi connectivity index (χ1) is 18.6. The van der Waals surface area contributed by atoms with Crippen molar-refractivity contribution < 1.29 is 18.3 Å². The summed E-state index contributed by atoms with van der Waals surface area (Å²) < 4.78 is 35.0. The molecule has 1 amide bonds. The average molecular weight is 521 g/mol. The van der Waals surface area contributed by atoms with E-state index < -0.39 is 6.43 Å². The first-order valence-electron chi connectivity index (χ1n) is 12.5. The summed E-state index contributed by atoms with van der Waals surface area (Å²) in [5, 5.41) is 3.34. The monoisotopic (exact) mass is 520 g/mol. The summed E-state index contributed by atoms with van der Waals surface area (Å²) in [6, 6.07) is 12.1. The number of carbonyl (C=O) groups is 1. The van der Waals surface area contributed by atoms with Gasteiger partial charge >= 0.3 is 0 Å². The third-order valence-corrected chi connectivity index (χ3v) is 6.76. The lowest BCUT2D eigenvalue weighted by Gasteiger charge is -2.28. The second kappa shape index (κ2) is 10.3. The van der Waals surface area contributed by atoms with Gasteiger partial charge in [0.1, 0.15) is 11.6 Å². The number of likely N-dealkylation sites (tertiary alicyclic amines) is 1. The van der Waals surface area contributed by atoms with Gasteiger partial charge in [0.05, 0.1) is 29.8 Å². The largest absolute Gasteiger partial charge is 0.378 e. The molecule has 12 heteroatoms. The molecule has 2 aliphatic heterocycles. The Morgan fingerprint density at radius 1 is 1.03 bits per heavy atom. The summed E-state index contributed by atoms with van der Waals surface area (Å²) in [5.41, 5.74) is 1.53. The topological polar surface area (TPSA) is 101 Å². The quantitative estimate of drug-likeness (QED) is 0.413. The number of imidazole rings is 1. The number of aromatic nitrogens is 5. The summed E-state index contributed by atoms with van der Waals surface area (Å²) in [6.45, 7) is 3.38. The molecule has 1 aromatic carbocycles. The number of para-hydroxylation sites is 2. The average Bonchev–Trinajstić information content (AvgIpc) is 3.58. The standard InChI is InChI=1S/C26H26F2N8O2/c27-23(28)24-31-19-5-1-2-6-20(19)36(24)22-14-21(34-10-12-38-13-11-34)32-26(33-22)30-18-7-9-35(16-18)25(37)17-4-3-8-29-15-17/h1-6,8,14-15,18,23H,7,9-13,16H2,(H,30,32,33)/t18-/m0/s1. The van der Waals surface area contributed by atoms with E-state index in [1.165, 1.54) is 4.57 Å². The van der Waals surface area contributed by atoms with Crippen molar-refractivity contribution in [2.45, 2.75) is 18.9 Å². The SMILES string of the molecule is O=C(c1cccnc1)N1CC[C@H](Nc2nc(N3CCOCC3)cc(-n3c(C(F)F)nc4ccccc43)n2)C1. The van der Waals surface area contributed by atoms with Crippen LogP contribution in [-0.4, -0.2) is 80.7 Å². The van der Waals surface area contributed by atoms with Gasteiger partial charge in [-0.2, -0.15) is 9.97 Å². The molecule has 2 aliphatic rings. The number of benzene rings is 1. The van der Waals surface area contributed by atoms with Gasteiger partial charge in [-0.3, -0.25) is 14.3 Å². The molecule has 1 N–H and O–H groups in total. The van der Waals surface area contributed by atoms with Crippen LogP contribution >= 0.6 is 0 Å².